The Morgan fingerprint density at radius 3 is 2.63 bits per heavy atom. The molecule has 2 aliphatic carbocycles. The van der Waals surface area contributed by atoms with Crippen molar-refractivity contribution in [1.82, 2.24) is 0 Å². The molecule has 0 bridgehead atoms. The van der Waals surface area contributed by atoms with Crippen LogP contribution in [0, 0.1) is 17.3 Å². The van der Waals surface area contributed by atoms with E-state index in [1.54, 1.807) is 20.1 Å². The van der Waals surface area contributed by atoms with Crippen molar-refractivity contribution in [3.63, 3.8) is 0 Å². The number of oxime groups is 1. The van der Waals surface area contributed by atoms with Crippen LogP contribution in [0.3, 0.4) is 0 Å². The number of ether oxygens (including phenoxy) is 2. The maximum Gasteiger partial charge on any atom is 0.354 e. The normalized spacial score (nSPS) is 41.7. The summed E-state index contributed by atoms with van der Waals surface area (Å²) < 4.78 is 11.0. The standard InChI is InChI=1S/C23H25NO6/c1-13-4-9-16-19(21(2)18(25)10-11-23(13,21)27)29-20(26)22(16)12-17(24-30-22)14-5-7-15(28-3)8-6-14/h5-8,10-11,13,16,19,27H,4,9,12H2,1-3H3/t13-,16?,19?,21-,22?,23+/m0/s1. The van der Waals surface area contributed by atoms with Crippen molar-refractivity contribution in [1.29, 1.82) is 0 Å². The maximum absolute atomic E-state index is 13.1. The van der Waals surface area contributed by atoms with Gasteiger partial charge in [-0.15, -0.1) is 0 Å². The predicted octanol–water partition coefficient (Wildman–Crippen LogP) is 2.41. The number of nitrogens with zero attached hydrogens (tertiary/aromatic N) is 1. The second kappa shape index (κ2) is 6.17. The lowest BCUT2D eigenvalue weighted by Gasteiger charge is -2.43. The highest BCUT2D eigenvalue weighted by atomic mass is 16.7. The molecule has 1 saturated carbocycles. The molecule has 0 aromatic heterocycles. The highest BCUT2D eigenvalue weighted by Crippen LogP contribution is 2.59. The van der Waals surface area contributed by atoms with Crippen LogP contribution in [-0.2, 0) is 19.2 Å². The Hall–Kier alpha value is -2.67. The molecular weight excluding hydrogens is 386 g/mol. The molecule has 1 N–H and O–H groups in total. The van der Waals surface area contributed by atoms with E-state index in [1.807, 2.05) is 31.2 Å². The summed E-state index contributed by atoms with van der Waals surface area (Å²) in [5.41, 5.74) is -2.36. The number of aliphatic hydroxyl groups is 1. The largest absolute Gasteiger partial charge is 0.497 e. The number of esters is 1. The number of ketones is 1. The lowest BCUT2D eigenvalue weighted by Crippen LogP contribution is -2.57. The minimum absolute atomic E-state index is 0.157. The van der Waals surface area contributed by atoms with Gasteiger partial charge in [-0.1, -0.05) is 12.1 Å². The topological polar surface area (TPSA) is 94.4 Å². The van der Waals surface area contributed by atoms with Crippen LogP contribution in [0.4, 0.5) is 0 Å². The monoisotopic (exact) mass is 411 g/mol. The first-order chi connectivity index (χ1) is 14.3. The van der Waals surface area contributed by atoms with Crippen LogP contribution >= 0.6 is 0 Å². The molecule has 30 heavy (non-hydrogen) atoms. The molecule has 3 unspecified atom stereocenters. The van der Waals surface area contributed by atoms with Crippen LogP contribution in [-0.4, -0.2) is 47.0 Å². The molecule has 5 rings (SSSR count). The number of hydrogen-bond donors (Lipinski definition) is 1. The van der Waals surface area contributed by atoms with E-state index in [0.717, 1.165) is 11.3 Å². The quantitative estimate of drug-likeness (QED) is 0.751. The summed E-state index contributed by atoms with van der Waals surface area (Å²) in [6.45, 7) is 3.65. The van der Waals surface area contributed by atoms with Crippen molar-refractivity contribution in [3.8, 4) is 5.75 Å². The second-order valence-corrected chi connectivity index (χ2v) is 9.06. The van der Waals surface area contributed by atoms with E-state index in [1.165, 1.54) is 6.08 Å². The highest BCUT2D eigenvalue weighted by Gasteiger charge is 2.73. The Labute approximate surface area is 174 Å². The Balaban J connectivity index is 1.50. The van der Waals surface area contributed by atoms with Gasteiger partial charge in [0.2, 0.25) is 5.60 Å². The molecule has 1 spiro atoms. The zero-order valence-corrected chi connectivity index (χ0v) is 17.3. The van der Waals surface area contributed by atoms with Gasteiger partial charge in [-0.3, -0.25) is 4.79 Å². The number of rotatable bonds is 2. The number of methoxy groups -OCH3 is 1. The van der Waals surface area contributed by atoms with Gasteiger partial charge in [0.1, 0.15) is 22.9 Å². The van der Waals surface area contributed by atoms with Crippen LogP contribution in [0.2, 0.25) is 0 Å². The zero-order chi connectivity index (χ0) is 21.3. The van der Waals surface area contributed by atoms with E-state index < -0.39 is 28.7 Å². The summed E-state index contributed by atoms with van der Waals surface area (Å²) in [4.78, 5) is 31.9. The summed E-state index contributed by atoms with van der Waals surface area (Å²) in [5, 5.41) is 15.7. The summed E-state index contributed by atoms with van der Waals surface area (Å²) in [5.74, 6) is -0.536. The van der Waals surface area contributed by atoms with E-state index in [-0.39, 0.29) is 24.0 Å². The van der Waals surface area contributed by atoms with Crippen LogP contribution in [0.25, 0.3) is 0 Å². The molecule has 1 aromatic carbocycles. The van der Waals surface area contributed by atoms with Crippen LogP contribution in [0.1, 0.15) is 38.7 Å². The van der Waals surface area contributed by atoms with Crippen LogP contribution < -0.4 is 4.74 Å². The van der Waals surface area contributed by atoms with Gasteiger partial charge in [0, 0.05) is 6.42 Å². The Kier molecular flexibility index (Phi) is 3.97. The number of allylic oxidation sites excluding steroid dienone is 1. The number of benzene rings is 1. The van der Waals surface area contributed by atoms with Crippen molar-refractivity contribution >= 4 is 17.5 Å². The molecule has 7 nitrogen and oxygen atoms in total. The molecule has 4 aliphatic rings. The lowest BCUT2D eigenvalue weighted by atomic mass is 9.63. The van der Waals surface area contributed by atoms with E-state index in [0.29, 0.717) is 18.6 Å². The average Bonchev–Trinajstić information content (AvgIpc) is 3.37. The molecule has 1 saturated heterocycles. The van der Waals surface area contributed by atoms with Gasteiger partial charge in [0.05, 0.1) is 18.7 Å². The zero-order valence-electron chi connectivity index (χ0n) is 17.3. The summed E-state index contributed by atoms with van der Waals surface area (Å²) in [7, 11) is 1.60. The molecule has 7 heteroatoms. The first-order valence-electron chi connectivity index (χ1n) is 10.3. The van der Waals surface area contributed by atoms with E-state index in [2.05, 4.69) is 5.16 Å². The average molecular weight is 411 g/mol. The first-order valence-corrected chi connectivity index (χ1v) is 10.3. The van der Waals surface area contributed by atoms with Crippen LogP contribution in [0.15, 0.2) is 41.6 Å². The van der Waals surface area contributed by atoms with Crippen molar-refractivity contribution in [2.45, 2.75) is 50.4 Å². The van der Waals surface area contributed by atoms with Gasteiger partial charge >= 0.3 is 5.97 Å². The molecule has 0 amide bonds. The maximum atomic E-state index is 13.1. The smallest absolute Gasteiger partial charge is 0.354 e. The minimum atomic E-state index is -1.35. The van der Waals surface area contributed by atoms with Crippen molar-refractivity contribution in [3.05, 3.63) is 42.0 Å². The molecule has 0 radical (unpaired) electrons. The predicted molar refractivity (Wildman–Crippen MR) is 107 cm³/mol. The Bertz CT molecular complexity index is 984. The van der Waals surface area contributed by atoms with Gasteiger partial charge in [-0.25, -0.2) is 4.79 Å². The van der Waals surface area contributed by atoms with Gasteiger partial charge in [-0.05, 0) is 67.7 Å². The van der Waals surface area contributed by atoms with E-state index in [9.17, 15) is 14.7 Å². The number of fused-ring (bicyclic) bond motifs is 4. The minimum Gasteiger partial charge on any atom is -0.497 e. The first kappa shape index (κ1) is 19.3. The van der Waals surface area contributed by atoms with E-state index >= 15 is 0 Å². The number of carbonyl (C=O) groups excluding carboxylic acids is 2. The Morgan fingerprint density at radius 1 is 1.20 bits per heavy atom. The number of carbonyl (C=O) groups is 2. The molecule has 158 valence electrons. The third kappa shape index (κ3) is 2.21. The van der Waals surface area contributed by atoms with Gasteiger partial charge in [0.15, 0.2) is 5.78 Å². The molecule has 2 fully saturated rings. The summed E-state index contributed by atoms with van der Waals surface area (Å²) >= 11 is 0. The van der Waals surface area contributed by atoms with Crippen molar-refractivity contribution in [2.75, 3.05) is 7.11 Å². The van der Waals surface area contributed by atoms with Crippen molar-refractivity contribution < 1.29 is 29.0 Å². The lowest BCUT2D eigenvalue weighted by molar-refractivity contribution is -0.169. The van der Waals surface area contributed by atoms with E-state index in [4.69, 9.17) is 14.3 Å². The number of hydrogen-bond acceptors (Lipinski definition) is 7. The summed E-state index contributed by atoms with van der Waals surface area (Å²) in [6, 6.07) is 7.40. The molecule has 2 heterocycles. The molecule has 2 aliphatic heterocycles. The second-order valence-electron chi connectivity index (χ2n) is 9.06. The summed E-state index contributed by atoms with van der Waals surface area (Å²) in [6.07, 6.45) is 3.74. The van der Waals surface area contributed by atoms with Gasteiger partial charge < -0.3 is 19.4 Å². The SMILES string of the molecule is COc1ccc(C2=NOC3(C2)C(=O)OC2C3CC[C@H](C)[C@]3(O)C=CC(=O)[C@@]23C)cc1. The fourth-order valence-corrected chi connectivity index (χ4v) is 5.73. The molecule has 6 atom stereocenters. The highest BCUT2D eigenvalue weighted by molar-refractivity contribution is 6.06. The molecule has 1 aromatic rings. The molecular formula is C23H25NO6. The Morgan fingerprint density at radius 2 is 1.93 bits per heavy atom. The van der Waals surface area contributed by atoms with Gasteiger partial charge in [0.25, 0.3) is 0 Å². The fraction of sp³-hybridized carbons (Fsp3) is 0.522. The third-order valence-electron chi connectivity index (χ3n) is 7.78. The fourth-order valence-electron chi connectivity index (χ4n) is 5.73. The third-order valence-corrected chi connectivity index (χ3v) is 7.78. The van der Waals surface area contributed by atoms with Gasteiger partial charge in [-0.2, -0.15) is 0 Å². The van der Waals surface area contributed by atoms with Crippen molar-refractivity contribution in [2.24, 2.45) is 22.4 Å². The van der Waals surface area contributed by atoms with Crippen LogP contribution in [0.5, 0.6) is 5.75 Å².